The third-order valence-corrected chi connectivity index (χ3v) is 2.02. The molecule has 0 fully saturated rings. The van der Waals surface area contributed by atoms with Crippen molar-refractivity contribution in [1.29, 1.82) is 0 Å². The normalized spacial score (nSPS) is 17.7. The van der Waals surface area contributed by atoms with Gasteiger partial charge in [-0.05, 0) is 37.8 Å². The minimum absolute atomic E-state index is 0.257. The summed E-state index contributed by atoms with van der Waals surface area (Å²) < 4.78 is 0. The second kappa shape index (κ2) is 4.29. The van der Waals surface area contributed by atoms with Crippen LogP contribution in [-0.2, 0) is 4.79 Å². The molecule has 2 heteroatoms. The molecule has 0 unspecified atom stereocenters. The molecule has 11 heavy (non-hydrogen) atoms. The highest BCUT2D eigenvalue weighted by molar-refractivity contribution is 5.95. The first-order chi connectivity index (χ1) is 5.34. The summed E-state index contributed by atoms with van der Waals surface area (Å²) in [5.41, 5.74) is 6.30. The zero-order valence-corrected chi connectivity index (χ0v) is 6.81. The fourth-order valence-electron chi connectivity index (χ4n) is 1.38. The Kier molecular flexibility index (Phi) is 3.30. The zero-order valence-electron chi connectivity index (χ0n) is 6.81. The number of ketones is 1. The van der Waals surface area contributed by atoms with E-state index in [0.29, 0.717) is 13.0 Å². The first kappa shape index (κ1) is 8.47. The summed E-state index contributed by atoms with van der Waals surface area (Å²) in [6.07, 6.45) is 7.04. The predicted molar refractivity (Wildman–Crippen MR) is 45.2 cm³/mol. The van der Waals surface area contributed by atoms with Gasteiger partial charge in [0.25, 0.3) is 0 Å². The number of carbonyl (C=O) groups is 1. The molecule has 1 rings (SSSR count). The second-order valence-electron chi connectivity index (χ2n) is 2.94. The van der Waals surface area contributed by atoms with Crippen LogP contribution in [0.1, 0.15) is 32.1 Å². The molecule has 0 aliphatic heterocycles. The molecule has 0 aromatic heterocycles. The maximum Gasteiger partial charge on any atom is 0.159 e. The van der Waals surface area contributed by atoms with Crippen molar-refractivity contribution >= 4 is 5.78 Å². The van der Waals surface area contributed by atoms with E-state index in [2.05, 4.69) is 6.08 Å². The number of Topliss-reactive ketones (excluding diaryl/α,β-unsaturated/α-hetero) is 1. The minimum Gasteiger partial charge on any atom is -0.330 e. The highest BCUT2D eigenvalue weighted by Crippen LogP contribution is 2.18. The van der Waals surface area contributed by atoms with E-state index in [-0.39, 0.29) is 5.78 Å². The molecule has 2 N–H and O–H groups in total. The number of rotatable bonds is 3. The molecule has 62 valence electrons. The third-order valence-electron chi connectivity index (χ3n) is 2.02. The molecular weight excluding hydrogens is 138 g/mol. The number of hydrogen-bond acceptors (Lipinski definition) is 2. The average Bonchev–Trinajstić information content (AvgIpc) is 2.07. The van der Waals surface area contributed by atoms with E-state index < -0.39 is 0 Å². The van der Waals surface area contributed by atoms with E-state index in [4.69, 9.17) is 5.73 Å². The van der Waals surface area contributed by atoms with Crippen LogP contribution in [0.25, 0.3) is 0 Å². The predicted octanol–water partition coefficient (Wildman–Crippen LogP) is 1.40. The van der Waals surface area contributed by atoms with E-state index >= 15 is 0 Å². The quantitative estimate of drug-likeness (QED) is 0.666. The Hall–Kier alpha value is -0.630. The lowest BCUT2D eigenvalue weighted by molar-refractivity contribution is -0.115. The van der Waals surface area contributed by atoms with Gasteiger partial charge in [0.1, 0.15) is 0 Å². The minimum atomic E-state index is 0.257. The van der Waals surface area contributed by atoms with Crippen molar-refractivity contribution in [3.63, 3.8) is 0 Å². The standard InChI is InChI=1S/C9H15NO/c10-7-6-9(11)8-4-2-1-3-5-8/h4H,1-3,5-7,10H2. The molecule has 1 aliphatic carbocycles. The molecule has 0 spiro atoms. The van der Waals surface area contributed by atoms with Crippen LogP contribution in [0.3, 0.4) is 0 Å². The molecule has 0 bridgehead atoms. The van der Waals surface area contributed by atoms with E-state index in [1.165, 1.54) is 12.8 Å². The van der Waals surface area contributed by atoms with Gasteiger partial charge in [-0.1, -0.05) is 6.08 Å². The summed E-state index contributed by atoms with van der Waals surface area (Å²) in [6, 6.07) is 0. The van der Waals surface area contributed by atoms with Gasteiger partial charge in [-0.2, -0.15) is 0 Å². The number of allylic oxidation sites excluding steroid dienone is 2. The van der Waals surface area contributed by atoms with Gasteiger partial charge < -0.3 is 5.73 Å². The summed E-state index contributed by atoms with van der Waals surface area (Å²) in [6.45, 7) is 0.482. The Morgan fingerprint density at radius 3 is 2.91 bits per heavy atom. The molecule has 0 aromatic rings. The van der Waals surface area contributed by atoms with Gasteiger partial charge in [0.2, 0.25) is 0 Å². The zero-order chi connectivity index (χ0) is 8.10. The van der Waals surface area contributed by atoms with Crippen LogP contribution in [0.2, 0.25) is 0 Å². The molecule has 0 amide bonds. The van der Waals surface area contributed by atoms with Gasteiger partial charge in [-0.25, -0.2) is 0 Å². The Labute approximate surface area is 67.5 Å². The summed E-state index contributed by atoms with van der Waals surface area (Å²) in [4.78, 5) is 11.2. The van der Waals surface area contributed by atoms with Crippen LogP contribution in [0.5, 0.6) is 0 Å². The highest BCUT2D eigenvalue weighted by Gasteiger charge is 2.10. The Morgan fingerprint density at radius 1 is 1.55 bits per heavy atom. The van der Waals surface area contributed by atoms with Gasteiger partial charge in [-0.15, -0.1) is 0 Å². The smallest absolute Gasteiger partial charge is 0.159 e. The van der Waals surface area contributed by atoms with Gasteiger partial charge in [0, 0.05) is 6.42 Å². The van der Waals surface area contributed by atoms with Crippen LogP contribution in [0.4, 0.5) is 0 Å². The first-order valence-electron chi connectivity index (χ1n) is 4.27. The lowest BCUT2D eigenvalue weighted by Gasteiger charge is -2.10. The van der Waals surface area contributed by atoms with Gasteiger partial charge in [0.15, 0.2) is 5.78 Å². The summed E-state index contributed by atoms with van der Waals surface area (Å²) in [5, 5.41) is 0. The van der Waals surface area contributed by atoms with Crippen molar-refractivity contribution in [2.24, 2.45) is 5.73 Å². The Bertz CT molecular complexity index is 172. The van der Waals surface area contributed by atoms with Crippen molar-refractivity contribution in [3.8, 4) is 0 Å². The van der Waals surface area contributed by atoms with Crippen molar-refractivity contribution in [1.82, 2.24) is 0 Å². The third kappa shape index (κ3) is 2.46. The molecule has 0 aromatic carbocycles. The molecule has 1 aliphatic rings. The average molecular weight is 153 g/mol. The monoisotopic (exact) mass is 153 g/mol. The van der Waals surface area contributed by atoms with Crippen molar-refractivity contribution < 1.29 is 4.79 Å². The maximum atomic E-state index is 11.2. The van der Waals surface area contributed by atoms with E-state index in [0.717, 1.165) is 18.4 Å². The van der Waals surface area contributed by atoms with Gasteiger partial charge >= 0.3 is 0 Å². The molecule has 0 heterocycles. The summed E-state index contributed by atoms with van der Waals surface area (Å²) in [5.74, 6) is 0.257. The fraction of sp³-hybridized carbons (Fsp3) is 0.667. The fourth-order valence-corrected chi connectivity index (χ4v) is 1.38. The second-order valence-corrected chi connectivity index (χ2v) is 2.94. The van der Waals surface area contributed by atoms with E-state index in [1.807, 2.05) is 0 Å². The number of carbonyl (C=O) groups excluding carboxylic acids is 1. The van der Waals surface area contributed by atoms with Crippen molar-refractivity contribution in [2.45, 2.75) is 32.1 Å². The summed E-state index contributed by atoms with van der Waals surface area (Å²) >= 11 is 0. The first-order valence-corrected chi connectivity index (χ1v) is 4.27. The largest absolute Gasteiger partial charge is 0.330 e. The van der Waals surface area contributed by atoms with E-state index in [9.17, 15) is 4.79 Å². The molecule has 2 nitrogen and oxygen atoms in total. The van der Waals surface area contributed by atoms with E-state index in [1.54, 1.807) is 0 Å². The van der Waals surface area contributed by atoms with Crippen molar-refractivity contribution in [3.05, 3.63) is 11.6 Å². The summed E-state index contributed by atoms with van der Waals surface area (Å²) in [7, 11) is 0. The van der Waals surface area contributed by atoms with Crippen LogP contribution in [-0.4, -0.2) is 12.3 Å². The van der Waals surface area contributed by atoms with Crippen LogP contribution < -0.4 is 5.73 Å². The maximum absolute atomic E-state index is 11.2. The number of nitrogens with two attached hydrogens (primary N) is 1. The van der Waals surface area contributed by atoms with Crippen LogP contribution >= 0.6 is 0 Å². The lowest BCUT2D eigenvalue weighted by Crippen LogP contribution is -2.11. The Morgan fingerprint density at radius 2 is 2.36 bits per heavy atom. The van der Waals surface area contributed by atoms with Crippen molar-refractivity contribution in [2.75, 3.05) is 6.54 Å². The molecular formula is C9H15NO. The number of hydrogen-bond donors (Lipinski definition) is 1. The van der Waals surface area contributed by atoms with Gasteiger partial charge in [-0.3, -0.25) is 4.79 Å². The lowest BCUT2D eigenvalue weighted by atomic mass is 9.95. The molecule has 0 radical (unpaired) electrons. The topological polar surface area (TPSA) is 43.1 Å². The molecule has 0 saturated heterocycles. The van der Waals surface area contributed by atoms with Crippen LogP contribution in [0.15, 0.2) is 11.6 Å². The SMILES string of the molecule is NCCC(=O)C1=CCCCC1. The van der Waals surface area contributed by atoms with Crippen LogP contribution in [0, 0.1) is 0 Å². The molecule has 0 saturated carbocycles. The highest BCUT2D eigenvalue weighted by atomic mass is 16.1. The Balaban J connectivity index is 2.44. The molecule has 0 atom stereocenters. The van der Waals surface area contributed by atoms with Gasteiger partial charge in [0.05, 0.1) is 0 Å².